The molecule has 0 aliphatic carbocycles. The first-order valence-electron chi connectivity index (χ1n) is 21.7. The second-order valence-corrected chi connectivity index (χ2v) is 16.9. The van der Waals surface area contributed by atoms with Gasteiger partial charge in [-0.25, -0.2) is 9.98 Å². The zero-order chi connectivity index (χ0) is 42.0. The second kappa shape index (κ2) is 13.3. The first-order valence-corrected chi connectivity index (χ1v) is 21.7. The van der Waals surface area contributed by atoms with Gasteiger partial charge in [-0.05, 0) is 75.5 Å². The molecule has 300 valence electrons. The third-order valence-corrected chi connectivity index (χ3v) is 13.4. The molecule has 0 radical (unpaired) electrons. The van der Waals surface area contributed by atoms with Crippen LogP contribution in [-0.2, 0) is 0 Å². The minimum atomic E-state index is -0.419. The zero-order valence-corrected chi connectivity index (χ0v) is 34.7. The maximum absolute atomic E-state index is 7.10. The first-order chi connectivity index (χ1) is 31.6. The van der Waals surface area contributed by atoms with E-state index in [-0.39, 0.29) is 0 Å². The Hall–Kier alpha value is -8.48. The van der Waals surface area contributed by atoms with Crippen LogP contribution >= 0.6 is 0 Å². The highest BCUT2D eigenvalue weighted by Gasteiger charge is 2.31. The minimum absolute atomic E-state index is 0.419. The van der Waals surface area contributed by atoms with Crippen LogP contribution in [0.15, 0.2) is 213 Å². The van der Waals surface area contributed by atoms with Gasteiger partial charge in [0.15, 0.2) is 12.0 Å². The van der Waals surface area contributed by atoms with E-state index in [1.54, 1.807) is 0 Å². The summed E-state index contributed by atoms with van der Waals surface area (Å²) in [4.78, 5) is 13.3. The van der Waals surface area contributed by atoms with Crippen molar-refractivity contribution < 1.29 is 8.83 Å². The van der Waals surface area contributed by atoms with Gasteiger partial charge in [-0.2, -0.15) is 0 Å². The molecule has 6 heteroatoms. The van der Waals surface area contributed by atoms with Gasteiger partial charge in [-0.15, -0.1) is 0 Å². The molecule has 1 atom stereocenters. The Morgan fingerprint density at radius 2 is 1.12 bits per heavy atom. The Morgan fingerprint density at radius 1 is 0.438 bits per heavy atom. The number of benzene rings is 10. The number of furan rings is 2. The van der Waals surface area contributed by atoms with Gasteiger partial charge in [0.05, 0.1) is 22.1 Å². The molecule has 0 fully saturated rings. The maximum atomic E-state index is 7.10. The molecule has 0 N–H and O–H groups in total. The summed E-state index contributed by atoms with van der Waals surface area (Å²) in [5.41, 5.74) is 9.46. The Bertz CT molecular complexity index is 4170. The number of hydrogen-bond donors (Lipinski definition) is 0. The standard InChI is InChI=1S/C58H36N4O2/c1-61-57(36-16-3-2-4-17-36)59-56(60-58(61)44-23-13-25-50-53(44)42-22-11-12-24-49(42)63-50)39-32-48(54-43-28-26-35-15-8-10-21-41(35)55(43)64-51(54)33-39)62-46-29-27-34-14-7-9-20-40(34)52(46)45-30-37-18-5-6-19-38(37)31-47(45)62/h2-33,58H,1H3. The van der Waals surface area contributed by atoms with Crippen molar-refractivity contribution in [2.24, 2.45) is 9.98 Å². The molecule has 0 amide bonds. The van der Waals surface area contributed by atoms with Crippen LogP contribution in [0.5, 0.6) is 0 Å². The summed E-state index contributed by atoms with van der Waals surface area (Å²) in [6.45, 7) is 0. The molecule has 3 aromatic heterocycles. The van der Waals surface area contributed by atoms with Gasteiger partial charge in [0.1, 0.15) is 28.2 Å². The zero-order valence-electron chi connectivity index (χ0n) is 34.7. The fourth-order valence-corrected chi connectivity index (χ4v) is 10.5. The average Bonchev–Trinajstić information content (AvgIpc) is 4.03. The van der Waals surface area contributed by atoms with Crippen molar-refractivity contribution in [3.05, 3.63) is 211 Å². The molecule has 0 saturated heterocycles. The smallest absolute Gasteiger partial charge is 0.159 e. The van der Waals surface area contributed by atoms with Crippen molar-refractivity contribution >= 4 is 110 Å². The van der Waals surface area contributed by atoms with Crippen molar-refractivity contribution in [2.75, 3.05) is 7.05 Å². The molecule has 1 unspecified atom stereocenters. The maximum Gasteiger partial charge on any atom is 0.159 e. The number of nitrogens with zero attached hydrogens (tertiary/aromatic N) is 4. The Kier molecular flexibility index (Phi) is 7.28. The highest BCUT2D eigenvalue weighted by atomic mass is 16.3. The number of amidine groups is 2. The highest BCUT2D eigenvalue weighted by molar-refractivity contribution is 6.26. The van der Waals surface area contributed by atoms with Crippen molar-refractivity contribution in [3.63, 3.8) is 0 Å². The molecular weight excluding hydrogens is 785 g/mol. The van der Waals surface area contributed by atoms with E-state index in [0.717, 1.165) is 93.9 Å². The highest BCUT2D eigenvalue weighted by Crippen LogP contribution is 2.45. The Morgan fingerprint density at radius 3 is 1.97 bits per heavy atom. The molecule has 64 heavy (non-hydrogen) atoms. The summed E-state index contributed by atoms with van der Waals surface area (Å²) < 4.78 is 16.0. The van der Waals surface area contributed by atoms with Crippen molar-refractivity contribution in [1.82, 2.24) is 9.47 Å². The Balaban J connectivity index is 1.11. The fraction of sp³-hybridized carbons (Fsp3) is 0.0345. The molecule has 10 aromatic carbocycles. The number of aliphatic imine (C=N–C) groups is 2. The van der Waals surface area contributed by atoms with Crippen LogP contribution in [0, 0.1) is 0 Å². The quantitative estimate of drug-likeness (QED) is 0.178. The van der Waals surface area contributed by atoms with Crippen molar-refractivity contribution in [2.45, 2.75) is 6.17 Å². The number of para-hydroxylation sites is 1. The number of fused-ring (bicyclic) bond motifs is 14. The molecule has 0 saturated carbocycles. The number of rotatable bonds is 4. The van der Waals surface area contributed by atoms with E-state index >= 15 is 0 Å². The molecule has 0 spiro atoms. The average molecular weight is 821 g/mol. The van der Waals surface area contributed by atoms with E-state index in [1.165, 1.54) is 32.3 Å². The van der Waals surface area contributed by atoms with Crippen LogP contribution in [0.2, 0.25) is 0 Å². The molecule has 1 aliphatic rings. The van der Waals surface area contributed by atoms with E-state index in [4.69, 9.17) is 18.8 Å². The lowest BCUT2D eigenvalue weighted by atomic mass is 10.0. The van der Waals surface area contributed by atoms with Crippen molar-refractivity contribution in [1.29, 1.82) is 0 Å². The summed E-state index contributed by atoms with van der Waals surface area (Å²) in [5.74, 6) is 1.45. The van der Waals surface area contributed by atoms with Crippen LogP contribution in [0.4, 0.5) is 0 Å². The fourth-order valence-electron chi connectivity index (χ4n) is 10.5. The lowest BCUT2D eigenvalue weighted by Crippen LogP contribution is -2.35. The van der Waals surface area contributed by atoms with Crippen LogP contribution in [0.1, 0.15) is 22.9 Å². The molecule has 6 nitrogen and oxygen atoms in total. The molecule has 0 bridgehead atoms. The third-order valence-electron chi connectivity index (χ3n) is 13.4. The van der Waals surface area contributed by atoms with Crippen LogP contribution in [-0.4, -0.2) is 28.2 Å². The summed E-state index contributed by atoms with van der Waals surface area (Å²) in [6.07, 6.45) is -0.419. The largest absolute Gasteiger partial charge is 0.456 e. The molecule has 14 rings (SSSR count). The summed E-state index contributed by atoms with van der Waals surface area (Å²) in [6, 6.07) is 68.9. The lowest BCUT2D eigenvalue weighted by Gasteiger charge is -2.33. The summed E-state index contributed by atoms with van der Waals surface area (Å²) in [7, 11) is 2.09. The van der Waals surface area contributed by atoms with Crippen molar-refractivity contribution in [3.8, 4) is 5.69 Å². The van der Waals surface area contributed by atoms with Gasteiger partial charge in [0.25, 0.3) is 0 Å². The number of aromatic nitrogens is 1. The summed E-state index contributed by atoms with van der Waals surface area (Å²) >= 11 is 0. The van der Waals surface area contributed by atoms with Gasteiger partial charge in [-0.3, -0.25) is 0 Å². The minimum Gasteiger partial charge on any atom is -0.456 e. The third kappa shape index (κ3) is 5.02. The lowest BCUT2D eigenvalue weighted by molar-refractivity contribution is 0.385. The topological polar surface area (TPSA) is 59.2 Å². The molecule has 4 heterocycles. The Labute approximate surface area is 366 Å². The normalized spacial score (nSPS) is 14.6. The monoisotopic (exact) mass is 820 g/mol. The predicted octanol–water partition coefficient (Wildman–Crippen LogP) is 14.9. The molecular formula is C58H36N4O2. The molecule has 1 aliphatic heterocycles. The van der Waals surface area contributed by atoms with Gasteiger partial charge < -0.3 is 18.3 Å². The van der Waals surface area contributed by atoms with Gasteiger partial charge >= 0.3 is 0 Å². The van der Waals surface area contributed by atoms with E-state index in [9.17, 15) is 0 Å². The SMILES string of the molecule is CN1C(c2ccccc2)=NC(c2cc(-n3c4cc5ccccc5cc4c4c5ccccc5ccc43)c3c(c2)oc2c4ccccc4ccc23)=NC1c1cccc2oc3ccccc3c12. The van der Waals surface area contributed by atoms with E-state index in [2.05, 4.69) is 186 Å². The summed E-state index contributed by atoms with van der Waals surface area (Å²) in [5, 5.41) is 13.6. The second-order valence-electron chi connectivity index (χ2n) is 16.9. The van der Waals surface area contributed by atoms with E-state index in [0.29, 0.717) is 5.84 Å². The van der Waals surface area contributed by atoms with Crippen LogP contribution in [0.25, 0.3) is 104 Å². The first kappa shape index (κ1) is 35.2. The molecule has 13 aromatic rings. The van der Waals surface area contributed by atoms with Crippen LogP contribution < -0.4 is 0 Å². The predicted molar refractivity (Wildman–Crippen MR) is 264 cm³/mol. The number of hydrogen-bond acceptors (Lipinski definition) is 5. The van der Waals surface area contributed by atoms with E-state index < -0.39 is 6.17 Å². The van der Waals surface area contributed by atoms with Gasteiger partial charge in [0.2, 0.25) is 0 Å². The van der Waals surface area contributed by atoms with Gasteiger partial charge in [0, 0.05) is 56.1 Å². The van der Waals surface area contributed by atoms with Crippen LogP contribution in [0.3, 0.4) is 0 Å². The van der Waals surface area contributed by atoms with Gasteiger partial charge in [-0.1, -0.05) is 146 Å². The van der Waals surface area contributed by atoms with E-state index in [1.807, 2.05) is 24.3 Å².